The Kier molecular flexibility index (Phi) is 4.86. The van der Waals surface area contributed by atoms with E-state index in [0.717, 1.165) is 0 Å². The molecule has 1 aromatic rings. The molecule has 1 rings (SSSR count). The van der Waals surface area contributed by atoms with Crippen molar-refractivity contribution in [3.63, 3.8) is 0 Å². The lowest BCUT2D eigenvalue weighted by Gasteiger charge is -2.19. The first-order valence-electron chi connectivity index (χ1n) is 5.83. The predicted molar refractivity (Wildman–Crippen MR) is 69.8 cm³/mol. The Morgan fingerprint density at radius 3 is 2.58 bits per heavy atom. The Bertz CT molecular complexity index is 466. The standard InChI is InChI=1S/C13H18N2O4/c1-13(2,3)19-12(17)15-10-7-5-6-9(14-10)8-11(16)18-4/h5-7H,8H2,1-4H3,(H,14,15,17). The van der Waals surface area contributed by atoms with Crippen molar-refractivity contribution in [2.45, 2.75) is 32.8 Å². The van der Waals surface area contributed by atoms with Crippen LogP contribution in [0.15, 0.2) is 18.2 Å². The van der Waals surface area contributed by atoms with Crippen molar-refractivity contribution >= 4 is 17.9 Å². The first-order valence-corrected chi connectivity index (χ1v) is 5.83. The van der Waals surface area contributed by atoms with E-state index >= 15 is 0 Å². The Labute approximate surface area is 112 Å². The minimum absolute atomic E-state index is 0.0559. The summed E-state index contributed by atoms with van der Waals surface area (Å²) in [6, 6.07) is 4.99. The van der Waals surface area contributed by atoms with Gasteiger partial charge in [-0.15, -0.1) is 0 Å². The summed E-state index contributed by atoms with van der Waals surface area (Å²) in [5.41, 5.74) is -0.0614. The van der Waals surface area contributed by atoms with Crippen molar-refractivity contribution in [3.05, 3.63) is 23.9 Å². The number of anilines is 1. The fraction of sp³-hybridized carbons (Fsp3) is 0.462. The van der Waals surface area contributed by atoms with Crippen molar-refractivity contribution < 1.29 is 19.1 Å². The predicted octanol–water partition coefficient (Wildman–Crippen LogP) is 2.14. The SMILES string of the molecule is COC(=O)Cc1cccc(NC(=O)OC(C)(C)C)n1. The van der Waals surface area contributed by atoms with Crippen LogP contribution in [0.1, 0.15) is 26.5 Å². The molecule has 0 unspecified atom stereocenters. The lowest BCUT2D eigenvalue weighted by molar-refractivity contribution is -0.139. The maximum atomic E-state index is 11.6. The fourth-order valence-electron chi connectivity index (χ4n) is 1.28. The van der Waals surface area contributed by atoms with Crippen LogP contribution in [-0.4, -0.2) is 29.8 Å². The van der Waals surface area contributed by atoms with Gasteiger partial charge in [0.1, 0.15) is 11.4 Å². The average Bonchev–Trinajstić information content (AvgIpc) is 2.26. The van der Waals surface area contributed by atoms with Gasteiger partial charge >= 0.3 is 12.1 Å². The Hall–Kier alpha value is -2.11. The van der Waals surface area contributed by atoms with Gasteiger partial charge in [-0.25, -0.2) is 9.78 Å². The molecule has 0 bridgehead atoms. The smallest absolute Gasteiger partial charge is 0.413 e. The van der Waals surface area contributed by atoms with Gasteiger partial charge in [-0.3, -0.25) is 10.1 Å². The van der Waals surface area contributed by atoms with Crippen LogP contribution >= 0.6 is 0 Å². The molecular weight excluding hydrogens is 248 g/mol. The number of rotatable bonds is 3. The molecule has 0 aliphatic rings. The highest BCUT2D eigenvalue weighted by atomic mass is 16.6. The number of amides is 1. The summed E-state index contributed by atoms with van der Waals surface area (Å²) in [5, 5.41) is 2.51. The number of carbonyl (C=O) groups excluding carboxylic acids is 2. The third-order valence-corrected chi connectivity index (χ3v) is 1.99. The number of hydrogen-bond acceptors (Lipinski definition) is 5. The molecule has 1 N–H and O–H groups in total. The molecule has 19 heavy (non-hydrogen) atoms. The fourth-order valence-corrected chi connectivity index (χ4v) is 1.28. The van der Waals surface area contributed by atoms with E-state index in [2.05, 4.69) is 15.0 Å². The van der Waals surface area contributed by atoms with E-state index in [9.17, 15) is 9.59 Å². The Morgan fingerprint density at radius 1 is 1.32 bits per heavy atom. The first-order chi connectivity index (χ1) is 8.80. The van der Waals surface area contributed by atoms with Gasteiger partial charge in [-0.1, -0.05) is 6.07 Å². The third-order valence-electron chi connectivity index (χ3n) is 1.99. The molecule has 0 spiro atoms. The zero-order chi connectivity index (χ0) is 14.5. The Balaban J connectivity index is 2.67. The zero-order valence-corrected chi connectivity index (χ0v) is 11.5. The second kappa shape index (κ2) is 6.17. The molecule has 0 saturated heterocycles. The summed E-state index contributed by atoms with van der Waals surface area (Å²) < 4.78 is 9.65. The number of ether oxygens (including phenoxy) is 2. The van der Waals surface area contributed by atoms with Crippen LogP contribution in [0.3, 0.4) is 0 Å². The van der Waals surface area contributed by atoms with E-state index in [1.165, 1.54) is 7.11 Å². The molecule has 6 heteroatoms. The molecule has 0 aliphatic carbocycles. The number of carbonyl (C=O) groups is 2. The van der Waals surface area contributed by atoms with Crippen LogP contribution in [0.4, 0.5) is 10.6 Å². The van der Waals surface area contributed by atoms with Gasteiger partial charge in [0.15, 0.2) is 0 Å². The third kappa shape index (κ3) is 5.85. The molecule has 0 atom stereocenters. The van der Waals surface area contributed by atoms with Gasteiger partial charge in [0.25, 0.3) is 0 Å². The zero-order valence-electron chi connectivity index (χ0n) is 11.5. The van der Waals surface area contributed by atoms with Crippen LogP contribution in [-0.2, 0) is 20.7 Å². The molecule has 1 aromatic heterocycles. The van der Waals surface area contributed by atoms with Crippen LogP contribution < -0.4 is 5.32 Å². The molecule has 0 radical (unpaired) electrons. The van der Waals surface area contributed by atoms with Crippen molar-refractivity contribution in [3.8, 4) is 0 Å². The second-order valence-corrected chi connectivity index (χ2v) is 4.89. The number of aromatic nitrogens is 1. The van der Waals surface area contributed by atoms with Gasteiger partial charge in [-0.2, -0.15) is 0 Å². The monoisotopic (exact) mass is 266 g/mol. The van der Waals surface area contributed by atoms with E-state index < -0.39 is 11.7 Å². The summed E-state index contributed by atoms with van der Waals surface area (Å²) in [4.78, 5) is 26.8. The summed E-state index contributed by atoms with van der Waals surface area (Å²) in [5.74, 6) is -0.0578. The number of esters is 1. The topological polar surface area (TPSA) is 77.5 Å². The second-order valence-electron chi connectivity index (χ2n) is 4.89. The van der Waals surface area contributed by atoms with Gasteiger partial charge in [0, 0.05) is 0 Å². The number of hydrogen-bond donors (Lipinski definition) is 1. The first kappa shape index (κ1) is 14.9. The summed E-state index contributed by atoms with van der Waals surface area (Å²) in [6.45, 7) is 5.31. The van der Waals surface area contributed by atoms with Crippen molar-refractivity contribution in [1.82, 2.24) is 4.98 Å². The van der Waals surface area contributed by atoms with E-state index in [1.54, 1.807) is 39.0 Å². The normalized spacial score (nSPS) is 10.7. The van der Waals surface area contributed by atoms with Gasteiger partial charge < -0.3 is 9.47 Å². The highest BCUT2D eigenvalue weighted by molar-refractivity contribution is 5.83. The van der Waals surface area contributed by atoms with E-state index in [1.807, 2.05) is 0 Å². The van der Waals surface area contributed by atoms with Crippen molar-refractivity contribution in [2.24, 2.45) is 0 Å². The molecule has 0 aromatic carbocycles. The van der Waals surface area contributed by atoms with Gasteiger partial charge in [-0.05, 0) is 32.9 Å². The lowest BCUT2D eigenvalue weighted by atomic mass is 10.2. The van der Waals surface area contributed by atoms with Crippen LogP contribution in [0.2, 0.25) is 0 Å². The number of nitrogens with one attached hydrogen (secondary N) is 1. The highest BCUT2D eigenvalue weighted by Crippen LogP contribution is 2.11. The molecule has 6 nitrogen and oxygen atoms in total. The lowest BCUT2D eigenvalue weighted by Crippen LogP contribution is -2.27. The van der Waals surface area contributed by atoms with Gasteiger partial charge in [0.2, 0.25) is 0 Å². The minimum Gasteiger partial charge on any atom is -0.469 e. The summed E-state index contributed by atoms with van der Waals surface area (Å²) in [6.07, 6.45) is -0.532. The van der Waals surface area contributed by atoms with Gasteiger partial charge in [0.05, 0.1) is 19.2 Å². The van der Waals surface area contributed by atoms with Crippen LogP contribution in [0, 0.1) is 0 Å². The average molecular weight is 266 g/mol. The molecule has 1 amide bonds. The molecule has 0 fully saturated rings. The summed E-state index contributed by atoms with van der Waals surface area (Å²) in [7, 11) is 1.31. The van der Waals surface area contributed by atoms with E-state index in [4.69, 9.17) is 4.74 Å². The molecule has 0 aliphatic heterocycles. The summed E-state index contributed by atoms with van der Waals surface area (Å²) >= 11 is 0. The maximum absolute atomic E-state index is 11.6. The minimum atomic E-state index is -0.588. The number of pyridine rings is 1. The van der Waals surface area contributed by atoms with Crippen LogP contribution in [0.25, 0.3) is 0 Å². The van der Waals surface area contributed by atoms with E-state index in [-0.39, 0.29) is 12.4 Å². The largest absolute Gasteiger partial charge is 0.469 e. The van der Waals surface area contributed by atoms with Crippen molar-refractivity contribution in [2.75, 3.05) is 12.4 Å². The van der Waals surface area contributed by atoms with Crippen LogP contribution in [0.5, 0.6) is 0 Å². The molecule has 0 saturated carbocycles. The number of methoxy groups -OCH3 is 1. The molecule has 104 valence electrons. The van der Waals surface area contributed by atoms with E-state index in [0.29, 0.717) is 11.5 Å². The number of nitrogens with zero attached hydrogens (tertiary/aromatic N) is 1. The van der Waals surface area contributed by atoms with Crippen molar-refractivity contribution in [1.29, 1.82) is 0 Å². The Morgan fingerprint density at radius 2 is 2.00 bits per heavy atom. The maximum Gasteiger partial charge on any atom is 0.413 e. The molecular formula is C13H18N2O4. The molecule has 1 heterocycles. The highest BCUT2D eigenvalue weighted by Gasteiger charge is 2.16. The quantitative estimate of drug-likeness (QED) is 0.848.